The average molecular weight is 377 g/mol. The lowest BCUT2D eigenvalue weighted by Crippen LogP contribution is -2.38. The van der Waals surface area contributed by atoms with E-state index < -0.39 is 0 Å². The highest BCUT2D eigenvalue weighted by atomic mass is 16.3. The van der Waals surface area contributed by atoms with Gasteiger partial charge in [0.05, 0.1) is 24.3 Å². The van der Waals surface area contributed by atoms with Crippen molar-refractivity contribution >= 4 is 0 Å². The zero-order valence-electron chi connectivity index (χ0n) is 16.0. The molecule has 1 saturated heterocycles. The van der Waals surface area contributed by atoms with Gasteiger partial charge in [0.15, 0.2) is 0 Å². The molecule has 1 aliphatic heterocycles. The standard InChI is InChI=1S/C23H27N3O2/c27-13-12-25-11-5-6-18(15-25)16-26-17-24-22(19-7-2-1-3-8-19)23(26)20-9-4-10-21(28)14-20/h1-4,7-10,14,17-18,27-28H,5-6,11-13,15-16H2/t18-/m1/s1. The molecule has 2 aromatic carbocycles. The fourth-order valence-corrected chi connectivity index (χ4v) is 4.21. The van der Waals surface area contributed by atoms with E-state index in [-0.39, 0.29) is 12.4 Å². The Morgan fingerprint density at radius 3 is 2.64 bits per heavy atom. The molecule has 1 fully saturated rings. The van der Waals surface area contributed by atoms with Gasteiger partial charge in [-0.15, -0.1) is 0 Å². The Kier molecular flexibility index (Phi) is 5.74. The van der Waals surface area contributed by atoms with E-state index in [1.54, 1.807) is 12.1 Å². The second kappa shape index (κ2) is 8.59. The number of likely N-dealkylation sites (tertiary alicyclic amines) is 1. The Bertz CT molecular complexity index is 905. The number of benzene rings is 2. The number of aromatic hydroxyl groups is 1. The van der Waals surface area contributed by atoms with Crippen LogP contribution in [-0.4, -0.2) is 50.9 Å². The minimum Gasteiger partial charge on any atom is -0.508 e. The number of aromatic nitrogens is 2. The first-order valence-corrected chi connectivity index (χ1v) is 9.98. The normalized spacial score (nSPS) is 17.7. The van der Waals surface area contributed by atoms with Crippen molar-refractivity contribution in [3.8, 4) is 28.3 Å². The summed E-state index contributed by atoms with van der Waals surface area (Å²) in [6.07, 6.45) is 4.26. The number of hydrogen-bond donors (Lipinski definition) is 2. The van der Waals surface area contributed by atoms with Crippen LogP contribution in [0.2, 0.25) is 0 Å². The molecule has 146 valence electrons. The summed E-state index contributed by atoms with van der Waals surface area (Å²) < 4.78 is 2.23. The monoisotopic (exact) mass is 377 g/mol. The van der Waals surface area contributed by atoms with Crippen LogP contribution < -0.4 is 0 Å². The summed E-state index contributed by atoms with van der Waals surface area (Å²) in [6, 6.07) is 17.6. The Morgan fingerprint density at radius 1 is 1.04 bits per heavy atom. The van der Waals surface area contributed by atoms with Crippen molar-refractivity contribution in [2.24, 2.45) is 5.92 Å². The first-order valence-electron chi connectivity index (χ1n) is 9.98. The molecule has 2 heterocycles. The number of piperidine rings is 1. The maximum atomic E-state index is 10.0. The highest BCUT2D eigenvalue weighted by Crippen LogP contribution is 2.33. The van der Waals surface area contributed by atoms with E-state index in [1.165, 1.54) is 6.42 Å². The zero-order valence-corrected chi connectivity index (χ0v) is 16.0. The van der Waals surface area contributed by atoms with Crippen LogP contribution in [0.25, 0.3) is 22.5 Å². The lowest BCUT2D eigenvalue weighted by atomic mass is 9.97. The summed E-state index contributed by atoms with van der Waals surface area (Å²) in [5, 5.41) is 19.3. The van der Waals surface area contributed by atoms with Gasteiger partial charge in [0.25, 0.3) is 0 Å². The van der Waals surface area contributed by atoms with Gasteiger partial charge in [0.2, 0.25) is 0 Å². The van der Waals surface area contributed by atoms with Crippen molar-refractivity contribution in [3.05, 3.63) is 60.9 Å². The van der Waals surface area contributed by atoms with E-state index in [0.29, 0.717) is 5.92 Å². The Hall–Kier alpha value is -2.63. The number of imidazole rings is 1. The zero-order chi connectivity index (χ0) is 19.3. The molecule has 1 aromatic heterocycles. The maximum absolute atomic E-state index is 10.0. The molecule has 0 spiro atoms. The molecule has 0 bridgehead atoms. The predicted octanol–water partition coefficient (Wildman–Crippen LogP) is 3.63. The molecule has 1 aliphatic rings. The van der Waals surface area contributed by atoms with Crippen LogP contribution in [0.1, 0.15) is 12.8 Å². The molecule has 2 N–H and O–H groups in total. The van der Waals surface area contributed by atoms with Crippen molar-refractivity contribution in [3.63, 3.8) is 0 Å². The van der Waals surface area contributed by atoms with Gasteiger partial charge in [-0.25, -0.2) is 4.98 Å². The smallest absolute Gasteiger partial charge is 0.116 e. The Labute approximate surface area is 165 Å². The van der Waals surface area contributed by atoms with Gasteiger partial charge in [-0.2, -0.15) is 0 Å². The molecule has 0 saturated carbocycles. The first kappa shape index (κ1) is 18.7. The van der Waals surface area contributed by atoms with E-state index >= 15 is 0 Å². The highest BCUT2D eigenvalue weighted by molar-refractivity contribution is 5.79. The minimum atomic E-state index is 0.213. The largest absolute Gasteiger partial charge is 0.508 e. The molecule has 0 unspecified atom stereocenters. The average Bonchev–Trinajstić information content (AvgIpc) is 3.13. The lowest BCUT2D eigenvalue weighted by Gasteiger charge is -2.32. The van der Waals surface area contributed by atoms with Gasteiger partial charge < -0.3 is 19.7 Å². The van der Waals surface area contributed by atoms with Gasteiger partial charge in [-0.05, 0) is 37.4 Å². The third-order valence-electron chi connectivity index (χ3n) is 5.48. The SMILES string of the molecule is OCCN1CCC[C@@H](Cn2cnc(-c3ccccc3)c2-c2cccc(O)c2)C1. The third kappa shape index (κ3) is 4.11. The molecule has 4 rings (SSSR count). The number of hydrogen-bond acceptors (Lipinski definition) is 4. The van der Waals surface area contributed by atoms with Crippen molar-refractivity contribution in [2.75, 3.05) is 26.2 Å². The summed E-state index contributed by atoms with van der Waals surface area (Å²) in [6.45, 7) is 3.90. The first-order chi connectivity index (χ1) is 13.7. The van der Waals surface area contributed by atoms with Gasteiger partial charge in [-0.1, -0.05) is 42.5 Å². The van der Waals surface area contributed by atoms with Gasteiger partial charge in [0.1, 0.15) is 5.75 Å². The van der Waals surface area contributed by atoms with Crippen molar-refractivity contribution in [2.45, 2.75) is 19.4 Å². The Balaban J connectivity index is 1.68. The third-order valence-corrected chi connectivity index (χ3v) is 5.48. The van der Waals surface area contributed by atoms with Crippen molar-refractivity contribution in [1.82, 2.24) is 14.5 Å². The summed E-state index contributed by atoms with van der Waals surface area (Å²) >= 11 is 0. The molecule has 0 radical (unpaired) electrons. The van der Waals surface area contributed by atoms with Crippen LogP contribution >= 0.6 is 0 Å². The molecule has 0 aliphatic carbocycles. The number of phenolic OH excluding ortho intramolecular Hbond substituents is 1. The van der Waals surface area contributed by atoms with Gasteiger partial charge >= 0.3 is 0 Å². The number of aliphatic hydroxyl groups excluding tert-OH is 1. The van der Waals surface area contributed by atoms with Crippen LogP contribution in [0, 0.1) is 5.92 Å². The molecule has 1 atom stereocenters. The number of phenols is 1. The summed E-state index contributed by atoms with van der Waals surface area (Å²) in [7, 11) is 0. The molecule has 28 heavy (non-hydrogen) atoms. The van der Waals surface area contributed by atoms with Crippen LogP contribution in [0.15, 0.2) is 60.9 Å². The molecular formula is C23H27N3O2. The molecule has 5 heteroatoms. The van der Waals surface area contributed by atoms with Crippen molar-refractivity contribution in [1.29, 1.82) is 0 Å². The maximum Gasteiger partial charge on any atom is 0.116 e. The van der Waals surface area contributed by atoms with E-state index in [0.717, 1.165) is 55.1 Å². The lowest BCUT2D eigenvalue weighted by molar-refractivity contribution is 0.132. The minimum absolute atomic E-state index is 0.213. The van der Waals surface area contributed by atoms with E-state index in [2.05, 4.69) is 21.6 Å². The number of rotatable bonds is 6. The Morgan fingerprint density at radius 2 is 1.86 bits per heavy atom. The fraction of sp³-hybridized carbons (Fsp3) is 0.348. The molecular weight excluding hydrogens is 350 g/mol. The number of nitrogens with zero attached hydrogens (tertiary/aromatic N) is 3. The van der Waals surface area contributed by atoms with Crippen LogP contribution in [0.5, 0.6) is 5.75 Å². The summed E-state index contributed by atoms with van der Waals surface area (Å²) in [5.74, 6) is 0.783. The number of β-amino-alcohol motifs (C(OH)–C–C–N with tert-alkyl or cyclic N) is 1. The van der Waals surface area contributed by atoms with E-state index in [1.807, 2.05) is 36.7 Å². The van der Waals surface area contributed by atoms with Crippen LogP contribution in [0.3, 0.4) is 0 Å². The highest BCUT2D eigenvalue weighted by Gasteiger charge is 2.22. The van der Waals surface area contributed by atoms with Gasteiger partial charge in [-0.3, -0.25) is 0 Å². The van der Waals surface area contributed by atoms with E-state index in [4.69, 9.17) is 4.98 Å². The fourth-order valence-electron chi connectivity index (χ4n) is 4.21. The molecule has 3 aromatic rings. The van der Waals surface area contributed by atoms with Gasteiger partial charge in [0, 0.05) is 30.8 Å². The van der Waals surface area contributed by atoms with E-state index in [9.17, 15) is 10.2 Å². The molecule has 5 nitrogen and oxygen atoms in total. The summed E-state index contributed by atoms with van der Waals surface area (Å²) in [4.78, 5) is 7.09. The van der Waals surface area contributed by atoms with Crippen LogP contribution in [-0.2, 0) is 6.54 Å². The second-order valence-electron chi connectivity index (χ2n) is 7.54. The van der Waals surface area contributed by atoms with Crippen molar-refractivity contribution < 1.29 is 10.2 Å². The topological polar surface area (TPSA) is 61.5 Å². The summed E-state index contributed by atoms with van der Waals surface area (Å²) in [5.41, 5.74) is 4.03. The van der Waals surface area contributed by atoms with Crippen LogP contribution in [0.4, 0.5) is 0 Å². The quantitative estimate of drug-likeness (QED) is 0.689. The number of aliphatic hydroxyl groups is 1. The molecule has 0 amide bonds. The predicted molar refractivity (Wildman–Crippen MR) is 111 cm³/mol. The second-order valence-corrected chi connectivity index (χ2v) is 7.54.